The molecule has 0 N–H and O–H groups in total. The van der Waals surface area contributed by atoms with Crippen molar-refractivity contribution in [2.75, 3.05) is 33.5 Å². The quantitative estimate of drug-likeness (QED) is 0.556. The molecule has 0 aliphatic carbocycles. The molecule has 2 fully saturated rings. The maximum Gasteiger partial charge on any atom is 0.362 e. The van der Waals surface area contributed by atoms with Crippen molar-refractivity contribution in [3.8, 4) is 22.6 Å². The van der Waals surface area contributed by atoms with Gasteiger partial charge in [-0.2, -0.15) is 0 Å². The number of benzene rings is 2. The molecule has 0 saturated carbocycles. The molecule has 0 amide bonds. The van der Waals surface area contributed by atoms with Crippen LogP contribution in [0.15, 0.2) is 36.4 Å². The summed E-state index contributed by atoms with van der Waals surface area (Å²) in [6.07, 6.45) is 0.494. The van der Waals surface area contributed by atoms with Crippen LogP contribution >= 0.6 is 0 Å². The fourth-order valence-corrected chi connectivity index (χ4v) is 3.30. The van der Waals surface area contributed by atoms with E-state index in [0.29, 0.717) is 13.2 Å². The second-order valence-electron chi connectivity index (χ2n) is 6.65. The molecule has 2 saturated heterocycles. The molecule has 2 atom stereocenters. The van der Waals surface area contributed by atoms with Crippen molar-refractivity contribution in [2.24, 2.45) is 0 Å². The van der Waals surface area contributed by atoms with Crippen LogP contribution in [-0.4, -0.2) is 52.7 Å². The van der Waals surface area contributed by atoms with E-state index in [4.69, 9.17) is 23.6 Å². The monoisotopic (exact) mass is 338 g/mol. The molecule has 3 aliphatic rings. The summed E-state index contributed by atoms with van der Waals surface area (Å²) in [6, 6.07) is 12.4. The first-order chi connectivity index (χ1) is 12.3. The molecule has 128 valence electrons. The van der Waals surface area contributed by atoms with Gasteiger partial charge in [-0.05, 0) is 46.3 Å². The highest BCUT2D eigenvalue weighted by molar-refractivity contribution is 6.84. The van der Waals surface area contributed by atoms with Gasteiger partial charge in [0.2, 0.25) is 0 Å². The molecule has 25 heavy (non-hydrogen) atoms. The molecule has 3 heterocycles. The van der Waals surface area contributed by atoms with E-state index in [1.54, 1.807) is 7.11 Å². The summed E-state index contributed by atoms with van der Waals surface area (Å²) in [5.74, 6) is 1.71. The van der Waals surface area contributed by atoms with E-state index in [9.17, 15) is 0 Å². The zero-order valence-electron chi connectivity index (χ0n) is 14.1. The van der Waals surface area contributed by atoms with Gasteiger partial charge in [0, 0.05) is 7.11 Å². The minimum absolute atomic E-state index is 0.0494. The van der Waals surface area contributed by atoms with Crippen LogP contribution in [0.4, 0.5) is 0 Å². The summed E-state index contributed by atoms with van der Waals surface area (Å²) in [5, 5.41) is 0. The standard InChI is InChI=1S/C19H19BO5/c1-21-20-18-4-2-12(22-8-14-10-24-14)6-16(18)17-7-13(3-5-19(17)20)23-9-15-11-25-15/h2-7,14-15H,8-11H2,1H3. The smallest absolute Gasteiger partial charge is 0.362 e. The van der Waals surface area contributed by atoms with Gasteiger partial charge in [0.05, 0.1) is 13.2 Å². The lowest BCUT2D eigenvalue weighted by molar-refractivity contribution is 0.263. The Hall–Kier alpha value is -2.02. The largest absolute Gasteiger partial charge is 0.491 e. The lowest BCUT2D eigenvalue weighted by atomic mass is 9.59. The fraction of sp³-hybridized carbons (Fsp3) is 0.368. The van der Waals surface area contributed by atoms with E-state index in [0.717, 1.165) is 46.8 Å². The Labute approximate surface area is 146 Å². The van der Waals surface area contributed by atoms with Crippen LogP contribution in [0.1, 0.15) is 0 Å². The van der Waals surface area contributed by atoms with E-state index < -0.39 is 0 Å². The van der Waals surface area contributed by atoms with Crippen LogP contribution in [-0.2, 0) is 14.1 Å². The maximum atomic E-state index is 5.84. The first kappa shape index (κ1) is 15.3. The third kappa shape index (κ3) is 3.01. The zero-order chi connectivity index (χ0) is 16.8. The lowest BCUT2D eigenvalue weighted by Gasteiger charge is -2.09. The van der Waals surface area contributed by atoms with Gasteiger partial charge in [-0.25, -0.2) is 0 Å². The molecular formula is C19H19BO5. The third-order valence-electron chi connectivity index (χ3n) is 4.82. The summed E-state index contributed by atoms with van der Waals surface area (Å²) < 4.78 is 27.8. The molecule has 2 aromatic rings. The van der Waals surface area contributed by atoms with Gasteiger partial charge < -0.3 is 23.6 Å². The summed E-state index contributed by atoms with van der Waals surface area (Å²) in [5.41, 5.74) is 4.61. The molecule has 0 bridgehead atoms. The van der Waals surface area contributed by atoms with Gasteiger partial charge in [-0.15, -0.1) is 0 Å². The van der Waals surface area contributed by atoms with E-state index in [1.165, 1.54) is 0 Å². The van der Waals surface area contributed by atoms with Gasteiger partial charge in [-0.3, -0.25) is 0 Å². The Morgan fingerprint density at radius 1 is 0.880 bits per heavy atom. The topological polar surface area (TPSA) is 52.8 Å². The van der Waals surface area contributed by atoms with Gasteiger partial charge in [0.15, 0.2) is 0 Å². The van der Waals surface area contributed by atoms with E-state index in [1.807, 2.05) is 12.1 Å². The highest BCUT2D eigenvalue weighted by Crippen LogP contribution is 2.30. The molecule has 0 radical (unpaired) electrons. The van der Waals surface area contributed by atoms with Gasteiger partial charge in [0.1, 0.15) is 36.9 Å². The van der Waals surface area contributed by atoms with Gasteiger partial charge in [0.25, 0.3) is 0 Å². The molecule has 2 unspecified atom stereocenters. The lowest BCUT2D eigenvalue weighted by Crippen LogP contribution is -2.39. The number of fused-ring (bicyclic) bond motifs is 3. The molecule has 6 heteroatoms. The number of epoxide rings is 2. The normalized spacial score (nSPS) is 22.4. The Balaban J connectivity index is 1.45. The van der Waals surface area contributed by atoms with Crippen molar-refractivity contribution in [3.63, 3.8) is 0 Å². The van der Waals surface area contributed by atoms with E-state index >= 15 is 0 Å². The molecule has 5 rings (SSSR count). The number of rotatable bonds is 7. The van der Waals surface area contributed by atoms with Crippen molar-refractivity contribution in [1.82, 2.24) is 0 Å². The van der Waals surface area contributed by atoms with Crippen LogP contribution < -0.4 is 20.4 Å². The van der Waals surface area contributed by atoms with Crippen LogP contribution in [0.5, 0.6) is 11.5 Å². The third-order valence-corrected chi connectivity index (χ3v) is 4.82. The van der Waals surface area contributed by atoms with Crippen molar-refractivity contribution in [3.05, 3.63) is 36.4 Å². The second kappa shape index (κ2) is 6.06. The minimum atomic E-state index is -0.0494. The predicted molar refractivity (Wildman–Crippen MR) is 94.4 cm³/mol. The maximum absolute atomic E-state index is 5.84. The van der Waals surface area contributed by atoms with Crippen molar-refractivity contribution in [1.29, 1.82) is 0 Å². The predicted octanol–water partition coefficient (Wildman–Crippen LogP) is 0.974. The summed E-state index contributed by atoms with van der Waals surface area (Å²) >= 11 is 0. The van der Waals surface area contributed by atoms with Gasteiger partial charge in [-0.1, -0.05) is 12.1 Å². The number of hydrogen-bond donors (Lipinski definition) is 0. The average Bonchev–Trinajstić information content (AvgIpc) is 3.55. The summed E-state index contributed by atoms with van der Waals surface area (Å²) in [6.45, 7) is 2.75. The molecule has 5 nitrogen and oxygen atoms in total. The van der Waals surface area contributed by atoms with Crippen LogP contribution in [0.25, 0.3) is 11.1 Å². The highest BCUT2D eigenvalue weighted by Gasteiger charge is 2.34. The molecule has 0 spiro atoms. The Morgan fingerprint density at radius 3 is 1.76 bits per heavy atom. The summed E-state index contributed by atoms with van der Waals surface area (Å²) in [7, 11) is 1.74. The zero-order valence-corrected chi connectivity index (χ0v) is 14.1. The Morgan fingerprint density at radius 2 is 1.36 bits per heavy atom. The van der Waals surface area contributed by atoms with Crippen LogP contribution in [0, 0.1) is 0 Å². The van der Waals surface area contributed by atoms with Crippen molar-refractivity contribution >= 4 is 17.8 Å². The first-order valence-corrected chi connectivity index (χ1v) is 8.61. The first-order valence-electron chi connectivity index (χ1n) is 8.61. The summed E-state index contributed by atoms with van der Waals surface area (Å²) in [4.78, 5) is 0. The second-order valence-corrected chi connectivity index (χ2v) is 6.65. The average molecular weight is 338 g/mol. The molecule has 2 aromatic carbocycles. The Kier molecular flexibility index (Phi) is 3.70. The van der Waals surface area contributed by atoms with Crippen LogP contribution in [0.2, 0.25) is 0 Å². The molecule has 3 aliphatic heterocycles. The fourth-order valence-electron chi connectivity index (χ4n) is 3.30. The van der Waals surface area contributed by atoms with E-state index in [-0.39, 0.29) is 19.1 Å². The van der Waals surface area contributed by atoms with Crippen LogP contribution in [0.3, 0.4) is 0 Å². The molecule has 0 aromatic heterocycles. The van der Waals surface area contributed by atoms with E-state index in [2.05, 4.69) is 24.3 Å². The molecular weight excluding hydrogens is 319 g/mol. The Bertz CT molecular complexity index is 735. The highest BCUT2D eigenvalue weighted by atomic mass is 16.6. The number of ether oxygens (including phenoxy) is 4. The number of hydrogen-bond acceptors (Lipinski definition) is 5. The SMILES string of the molecule is COB1c2ccc(OCC3CO3)cc2-c2cc(OCC3CO3)ccc21. The van der Waals surface area contributed by atoms with Crippen molar-refractivity contribution < 1.29 is 23.6 Å². The minimum Gasteiger partial charge on any atom is -0.491 e. The van der Waals surface area contributed by atoms with Crippen molar-refractivity contribution in [2.45, 2.75) is 12.2 Å². The van der Waals surface area contributed by atoms with Gasteiger partial charge >= 0.3 is 6.92 Å².